The Morgan fingerprint density at radius 1 is 1.20 bits per heavy atom. The summed E-state index contributed by atoms with van der Waals surface area (Å²) in [5.74, 6) is 1.35. The molecule has 3 rings (SSSR count). The minimum Gasteiger partial charge on any atom is -0.493 e. The van der Waals surface area contributed by atoms with Crippen molar-refractivity contribution in [1.82, 2.24) is 9.97 Å². The van der Waals surface area contributed by atoms with Gasteiger partial charge in [-0.25, -0.2) is 10.4 Å². The number of nitrogens with zero attached hydrogens (tertiary/aromatic N) is 3. The zero-order valence-corrected chi connectivity index (χ0v) is 16.8. The van der Waals surface area contributed by atoms with Gasteiger partial charge >= 0.3 is 0 Å². The minimum absolute atomic E-state index is 0.0261. The van der Waals surface area contributed by atoms with Crippen LogP contribution in [-0.2, 0) is 0 Å². The third-order valence-corrected chi connectivity index (χ3v) is 4.01. The van der Waals surface area contributed by atoms with Crippen LogP contribution in [0.15, 0.2) is 58.4 Å². The molecule has 1 aromatic heterocycles. The highest BCUT2D eigenvalue weighted by Crippen LogP contribution is 2.28. The summed E-state index contributed by atoms with van der Waals surface area (Å²) in [6.45, 7) is 3.88. The summed E-state index contributed by atoms with van der Waals surface area (Å²) in [7, 11) is 1.57. The van der Waals surface area contributed by atoms with Crippen LogP contribution in [0.25, 0.3) is 11.3 Å². The third-order valence-electron chi connectivity index (χ3n) is 4.01. The van der Waals surface area contributed by atoms with Gasteiger partial charge in [-0.3, -0.25) is 9.78 Å². The van der Waals surface area contributed by atoms with E-state index < -0.39 is 5.56 Å². The van der Waals surface area contributed by atoms with Gasteiger partial charge in [0.05, 0.1) is 25.1 Å². The van der Waals surface area contributed by atoms with Crippen molar-refractivity contribution in [2.24, 2.45) is 5.10 Å². The predicted molar refractivity (Wildman–Crippen MR) is 115 cm³/mol. The molecule has 0 aliphatic carbocycles. The Hall–Kier alpha value is -4.12. The monoisotopic (exact) mass is 403 g/mol. The highest BCUT2D eigenvalue weighted by molar-refractivity contribution is 5.81. The number of nitrogens with one attached hydrogen (secondary N) is 2. The van der Waals surface area contributed by atoms with E-state index in [0.717, 1.165) is 5.56 Å². The van der Waals surface area contributed by atoms with Crippen LogP contribution < -0.4 is 20.5 Å². The normalized spacial score (nSPS) is 10.8. The number of hydrogen-bond acceptors (Lipinski definition) is 7. The molecule has 0 unspecified atom stereocenters. The fraction of sp³-hybridized carbons (Fsp3) is 0.182. The number of aromatic nitrogens is 2. The number of methoxy groups -OCH3 is 1. The lowest BCUT2D eigenvalue weighted by molar-refractivity contribution is 0.230. The summed E-state index contributed by atoms with van der Waals surface area (Å²) in [5.41, 5.74) is 3.82. The molecule has 30 heavy (non-hydrogen) atoms. The van der Waals surface area contributed by atoms with E-state index in [9.17, 15) is 10.1 Å². The average molecular weight is 403 g/mol. The van der Waals surface area contributed by atoms with Gasteiger partial charge in [-0.2, -0.15) is 10.4 Å². The molecule has 0 radical (unpaired) electrons. The molecule has 0 fully saturated rings. The van der Waals surface area contributed by atoms with Gasteiger partial charge in [0, 0.05) is 5.56 Å². The number of benzene rings is 2. The lowest BCUT2D eigenvalue weighted by Gasteiger charge is -2.13. The fourth-order valence-electron chi connectivity index (χ4n) is 2.72. The molecule has 2 N–H and O–H groups in total. The number of ether oxygens (including phenoxy) is 2. The van der Waals surface area contributed by atoms with Crippen molar-refractivity contribution < 1.29 is 9.47 Å². The number of anilines is 1. The minimum atomic E-state index is -0.541. The fourth-order valence-corrected chi connectivity index (χ4v) is 2.72. The van der Waals surface area contributed by atoms with Crippen LogP contribution >= 0.6 is 0 Å². The number of aromatic amines is 1. The molecular weight excluding hydrogens is 382 g/mol. The van der Waals surface area contributed by atoms with Gasteiger partial charge < -0.3 is 9.47 Å². The molecule has 1 heterocycles. The first-order valence-electron chi connectivity index (χ1n) is 9.25. The zero-order valence-electron chi connectivity index (χ0n) is 16.8. The van der Waals surface area contributed by atoms with Gasteiger partial charge in [-0.05, 0) is 37.6 Å². The number of hydrazone groups is 1. The van der Waals surface area contributed by atoms with E-state index in [1.54, 1.807) is 37.6 Å². The third kappa shape index (κ3) is 4.83. The van der Waals surface area contributed by atoms with E-state index in [2.05, 4.69) is 20.5 Å². The Morgan fingerprint density at radius 2 is 1.97 bits per heavy atom. The van der Waals surface area contributed by atoms with Gasteiger partial charge in [0.1, 0.15) is 11.6 Å². The molecule has 2 aromatic carbocycles. The Labute approximate surface area is 173 Å². The van der Waals surface area contributed by atoms with Gasteiger partial charge in [-0.1, -0.05) is 30.3 Å². The van der Waals surface area contributed by atoms with Crippen molar-refractivity contribution in [2.75, 3.05) is 12.5 Å². The predicted octanol–water partition coefficient (Wildman–Crippen LogP) is 3.55. The maximum absolute atomic E-state index is 12.3. The molecule has 0 aliphatic rings. The van der Waals surface area contributed by atoms with Crippen molar-refractivity contribution in [3.8, 4) is 28.8 Å². The maximum Gasteiger partial charge on any atom is 0.270 e. The first-order chi connectivity index (χ1) is 14.5. The van der Waals surface area contributed by atoms with Crippen LogP contribution in [0.4, 0.5) is 5.95 Å². The molecule has 8 heteroatoms. The lowest BCUT2D eigenvalue weighted by Crippen LogP contribution is -2.16. The molecule has 0 aliphatic heterocycles. The molecule has 8 nitrogen and oxygen atoms in total. The van der Waals surface area contributed by atoms with E-state index in [0.29, 0.717) is 17.1 Å². The molecule has 3 aromatic rings. The standard InChI is InChI=1S/C22H21N5O3/c1-14(2)30-18-10-9-15(11-19(18)29-3)13-24-27-22-25-20(16-7-5-4-6-8-16)17(12-23)21(28)26-22/h4-11,13-14H,1-3H3,(H2,25,26,27,28). The Balaban J connectivity index is 1.84. The van der Waals surface area contributed by atoms with Crippen LogP contribution in [-0.4, -0.2) is 29.4 Å². The van der Waals surface area contributed by atoms with Gasteiger partial charge in [0.2, 0.25) is 5.95 Å². The van der Waals surface area contributed by atoms with Crippen molar-refractivity contribution in [2.45, 2.75) is 20.0 Å². The van der Waals surface area contributed by atoms with Crippen LogP contribution in [0.2, 0.25) is 0 Å². The second-order valence-corrected chi connectivity index (χ2v) is 6.56. The molecule has 0 spiro atoms. The van der Waals surface area contributed by atoms with E-state index in [1.807, 2.05) is 44.2 Å². The quantitative estimate of drug-likeness (QED) is 0.461. The van der Waals surface area contributed by atoms with E-state index in [4.69, 9.17) is 9.47 Å². The molecule has 0 saturated carbocycles. The van der Waals surface area contributed by atoms with E-state index in [1.165, 1.54) is 0 Å². The van der Waals surface area contributed by atoms with Crippen molar-refractivity contribution in [3.63, 3.8) is 0 Å². The topological polar surface area (TPSA) is 112 Å². The summed E-state index contributed by atoms with van der Waals surface area (Å²) in [5, 5.41) is 13.4. The summed E-state index contributed by atoms with van der Waals surface area (Å²) in [4.78, 5) is 19.1. The molecule has 152 valence electrons. The highest BCUT2D eigenvalue weighted by atomic mass is 16.5. The second kappa shape index (κ2) is 9.39. The summed E-state index contributed by atoms with van der Waals surface area (Å²) in [6, 6.07) is 16.3. The first kappa shape index (κ1) is 20.6. The van der Waals surface area contributed by atoms with Crippen LogP contribution in [0.3, 0.4) is 0 Å². The number of H-pyrrole nitrogens is 1. The molecule has 0 saturated heterocycles. The summed E-state index contributed by atoms with van der Waals surface area (Å²) < 4.78 is 11.1. The van der Waals surface area contributed by atoms with Gasteiger partial charge in [-0.15, -0.1) is 0 Å². The van der Waals surface area contributed by atoms with Crippen molar-refractivity contribution >= 4 is 12.2 Å². The van der Waals surface area contributed by atoms with Crippen LogP contribution in [0, 0.1) is 11.3 Å². The number of rotatable bonds is 7. The Kier molecular flexibility index (Phi) is 6.45. The smallest absolute Gasteiger partial charge is 0.270 e. The molecule has 0 bridgehead atoms. The summed E-state index contributed by atoms with van der Waals surface area (Å²) in [6.07, 6.45) is 1.58. The highest BCUT2D eigenvalue weighted by Gasteiger charge is 2.13. The van der Waals surface area contributed by atoms with Crippen LogP contribution in [0.5, 0.6) is 11.5 Å². The van der Waals surface area contributed by atoms with Crippen LogP contribution in [0.1, 0.15) is 25.0 Å². The lowest BCUT2D eigenvalue weighted by atomic mass is 10.1. The van der Waals surface area contributed by atoms with E-state index in [-0.39, 0.29) is 23.3 Å². The Morgan fingerprint density at radius 3 is 2.63 bits per heavy atom. The van der Waals surface area contributed by atoms with E-state index >= 15 is 0 Å². The molecule has 0 atom stereocenters. The second-order valence-electron chi connectivity index (χ2n) is 6.56. The number of hydrogen-bond donors (Lipinski definition) is 2. The largest absolute Gasteiger partial charge is 0.493 e. The summed E-state index contributed by atoms with van der Waals surface area (Å²) >= 11 is 0. The first-order valence-corrected chi connectivity index (χ1v) is 9.25. The van der Waals surface area contributed by atoms with Crippen molar-refractivity contribution in [1.29, 1.82) is 5.26 Å². The Bertz CT molecular complexity index is 1150. The average Bonchev–Trinajstić information content (AvgIpc) is 2.74. The number of nitriles is 1. The van der Waals surface area contributed by atoms with Crippen molar-refractivity contribution in [3.05, 3.63) is 70.0 Å². The van der Waals surface area contributed by atoms with Gasteiger partial charge in [0.15, 0.2) is 11.5 Å². The SMILES string of the molecule is COc1cc(C=NNc2nc(-c3ccccc3)c(C#N)c(=O)[nH]2)ccc1OC(C)C. The molecular formula is C22H21N5O3. The molecule has 0 amide bonds. The zero-order chi connectivity index (χ0) is 21.5. The maximum atomic E-state index is 12.3. The van der Waals surface area contributed by atoms with Gasteiger partial charge in [0.25, 0.3) is 5.56 Å².